The van der Waals surface area contributed by atoms with Gasteiger partial charge in [0.15, 0.2) is 0 Å². The van der Waals surface area contributed by atoms with Gasteiger partial charge in [-0.1, -0.05) is 70.4 Å². The molecule has 39 heavy (non-hydrogen) atoms. The summed E-state index contributed by atoms with van der Waals surface area (Å²) >= 11 is 0. The van der Waals surface area contributed by atoms with Crippen LogP contribution < -0.4 is 5.32 Å². The Bertz CT molecular complexity index is 693. The van der Waals surface area contributed by atoms with Gasteiger partial charge in [-0.15, -0.1) is 0 Å². The average molecular weight is 576 g/mol. The highest BCUT2D eigenvalue weighted by molar-refractivity contribution is 7.52. The Balaban J connectivity index is 3.52. The minimum absolute atomic E-state index is 0.0129. The fourth-order valence-electron chi connectivity index (χ4n) is 4.11. The molecular formula is C30H60N2O6P+. The number of hydrogen-bond donors (Lipinski definition) is 2. The summed E-state index contributed by atoms with van der Waals surface area (Å²) in [6, 6.07) is 0. The highest BCUT2D eigenvalue weighted by Gasteiger charge is 2.20. The Morgan fingerprint density at radius 3 is 2.00 bits per heavy atom. The smallest absolute Gasteiger partial charge is 0.328 e. The number of nitrogens with one attached hydrogen (secondary N) is 1. The van der Waals surface area contributed by atoms with Crippen LogP contribution in [0.3, 0.4) is 0 Å². The van der Waals surface area contributed by atoms with Gasteiger partial charge < -0.3 is 24.0 Å². The van der Waals surface area contributed by atoms with Crippen molar-refractivity contribution in [1.29, 1.82) is 0 Å². The standard InChI is InChI=1S/C30H59N2O6P/c1-5-6-7-8-9-10-11-12-13-14-15-16-17-18-19-22-29(33)31-24-27-37-30(34)23-20-26-38-39(35,36)28-21-25-32(2,3)4/h12-13H,5-11,14-28H2,1-4H3,(H-,31,33,35,36)/p+1/b13-12-. The van der Waals surface area contributed by atoms with Gasteiger partial charge >= 0.3 is 13.6 Å². The van der Waals surface area contributed by atoms with Gasteiger partial charge in [0.1, 0.15) is 6.61 Å². The summed E-state index contributed by atoms with van der Waals surface area (Å²) in [5.41, 5.74) is 0. The van der Waals surface area contributed by atoms with E-state index in [0.717, 1.165) is 36.7 Å². The lowest BCUT2D eigenvalue weighted by molar-refractivity contribution is -0.870. The van der Waals surface area contributed by atoms with Crippen molar-refractivity contribution in [2.24, 2.45) is 0 Å². The number of hydrogen-bond acceptors (Lipinski definition) is 5. The summed E-state index contributed by atoms with van der Waals surface area (Å²) in [5.74, 6) is -0.413. The quantitative estimate of drug-likeness (QED) is 0.0369. The molecule has 0 aromatic carbocycles. The van der Waals surface area contributed by atoms with Crippen LogP contribution in [-0.4, -0.2) is 74.9 Å². The van der Waals surface area contributed by atoms with Crippen molar-refractivity contribution in [2.75, 3.05) is 53.6 Å². The van der Waals surface area contributed by atoms with Crippen molar-refractivity contribution in [3.63, 3.8) is 0 Å². The zero-order valence-electron chi connectivity index (χ0n) is 25.6. The number of nitrogens with zero attached hydrogens (tertiary/aromatic N) is 1. The Kier molecular flexibility index (Phi) is 23.8. The molecule has 0 spiro atoms. The van der Waals surface area contributed by atoms with Crippen molar-refractivity contribution in [2.45, 2.75) is 116 Å². The Morgan fingerprint density at radius 1 is 0.795 bits per heavy atom. The maximum absolute atomic E-state index is 12.0. The van der Waals surface area contributed by atoms with E-state index in [9.17, 15) is 19.0 Å². The number of carbonyl (C=O) groups excluding carboxylic acids is 2. The van der Waals surface area contributed by atoms with Crippen molar-refractivity contribution in [1.82, 2.24) is 5.32 Å². The van der Waals surface area contributed by atoms with E-state index in [1.807, 2.05) is 21.1 Å². The minimum atomic E-state index is -3.62. The first-order chi connectivity index (χ1) is 18.6. The predicted molar refractivity (Wildman–Crippen MR) is 161 cm³/mol. The summed E-state index contributed by atoms with van der Waals surface area (Å²) in [7, 11) is 2.47. The van der Waals surface area contributed by atoms with Crippen LogP contribution in [0.25, 0.3) is 0 Å². The van der Waals surface area contributed by atoms with Crippen molar-refractivity contribution in [3.8, 4) is 0 Å². The molecule has 0 fully saturated rings. The molecular weight excluding hydrogens is 515 g/mol. The first kappa shape index (κ1) is 37.8. The van der Waals surface area contributed by atoms with Gasteiger partial charge in [-0.3, -0.25) is 14.2 Å². The third kappa shape index (κ3) is 29.6. The van der Waals surface area contributed by atoms with Crippen molar-refractivity contribution >= 4 is 19.5 Å². The molecule has 2 N–H and O–H groups in total. The Morgan fingerprint density at radius 2 is 1.38 bits per heavy atom. The van der Waals surface area contributed by atoms with Gasteiger partial charge in [0, 0.05) is 19.3 Å². The molecule has 0 rings (SSSR count). The van der Waals surface area contributed by atoms with Crippen LogP contribution in [0.2, 0.25) is 0 Å². The maximum atomic E-state index is 12.0. The van der Waals surface area contributed by atoms with E-state index in [1.165, 1.54) is 57.8 Å². The van der Waals surface area contributed by atoms with Crippen LogP contribution in [0, 0.1) is 0 Å². The second-order valence-electron chi connectivity index (χ2n) is 11.6. The van der Waals surface area contributed by atoms with Crippen LogP contribution in [0.15, 0.2) is 12.2 Å². The number of rotatable bonds is 27. The molecule has 0 aliphatic carbocycles. The van der Waals surface area contributed by atoms with Crippen LogP contribution in [0.1, 0.15) is 116 Å². The number of unbranched alkanes of at least 4 members (excludes halogenated alkanes) is 11. The average Bonchev–Trinajstić information content (AvgIpc) is 2.86. The van der Waals surface area contributed by atoms with E-state index in [1.54, 1.807) is 0 Å². The zero-order chi connectivity index (χ0) is 29.2. The monoisotopic (exact) mass is 575 g/mol. The number of esters is 1. The van der Waals surface area contributed by atoms with E-state index < -0.39 is 13.6 Å². The van der Waals surface area contributed by atoms with E-state index in [-0.39, 0.29) is 31.7 Å². The molecule has 0 aliphatic heterocycles. The van der Waals surface area contributed by atoms with Gasteiger partial charge in [-0.25, -0.2) is 0 Å². The molecule has 0 aromatic rings. The SMILES string of the molecule is CCCCCCCC/C=C\CCCCCCCC(=O)NCCOC(=O)CCCOP(=O)(O)CCC[N+](C)(C)C. The van der Waals surface area contributed by atoms with Gasteiger partial charge in [0.25, 0.3) is 0 Å². The van der Waals surface area contributed by atoms with Crippen LogP contribution in [-0.2, 0) is 23.4 Å². The summed E-state index contributed by atoms with van der Waals surface area (Å²) in [4.78, 5) is 33.6. The molecule has 230 valence electrons. The van der Waals surface area contributed by atoms with Crippen molar-refractivity contribution < 1.29 is 32.8 Å². The van der Waals surface area contributed by atoms with Gasteiger partial charge in [-0.05, 0) is 38.5 Å². The van der Waals surface area contributed by atoms with E-state index in [2.05, 4.69) is 24.4 Å². The number of carbonyl (C=O) groups is 2. The summed E-state index contributed by atoms with van der Waals surface area (Å²) in [6.45, 7) is 3.50. The largest absolute Gasteiger partial charge is 0.464 e. The number of ether oxygens (including phenoxy) is 1. The maximum Gasteiger partial charge on any atom is 0.328 e. The zero-order valence-corrected chi connectivity index (χ0v) is 26.5. The second-order valence-corrected chi connectivity index (χ2v) is 13.6. The molecule has 1 atom stereocenters. The summed E-state index contributed by atoms with van der Waals surface area (Å²) in [5, 5.41) is 2.78. The van der Waals surface area contributed by atoms with Gasteiger partial charge in [0.05, 0.1) is 47.0 Å². The molecule has 0 saturated heterocycles. The molecule has 1 unspecified atom stereocenters. The third-order valence-electron chi connectivity index (χ3n) is 6.44. The second kappa shape index (κ2) is 24.6. The predicted octanol–water partition coefficient (Wildman–Crippen LogP) is 6.76. The first-order valence-electron chi connectivity index (χ1n) is 15.4. The minimum Gasteiger partial charge on any atom is -0.464 e. The summed E-state index contributed by atoms with van der Waals surface area (Å²) in [6.07, 6.45) is 22.3. The fraction of sp³-hybridized carbons (Fsp3) is 0.867. The van der Waals surface area contributed by atoms with Crippen LogP contribution in [0.5, 0.6) is 0 Å². The first-order valence-corrected chi connectivity index (χ1v) is 17.2. The Labute approximate surface area is 239 Å². The summed E-state index contributed by atoms with van der Waals surface area (Å²) < 4.78 is 22.9. The molecule has 0 saturated carbocycles. The van der Waals surface area contributed by atoms with Gasteiger partial charge in [-0.2, -0.15) is 0 Å². The molecule has 9 heteroatoms. The van der Waals surface area contributed by atoms with Gasteiger partial charge in [0.2, 0.25) is 5.91 Å². The van der Waals surface area contributed by atoms with Crippen LogP contribution in [0.4, 0.5) is 0 Å². The van der Waals surface area contributed by atoms with E-state index in [0.29, 0.717) is 25.8 Å². The highest BCUT2D eigenvalue weighted by Crippen LogP contribution is 2.42. The highest BCUT2D eigenvalue weighted by atomic mass is 31.2. The molecule has 1 amide bonds. The normalized spacial score (nSPS) is 13.5. The number of amides is 1. The van der Waals surface area contributed by atoms with Crippen molar-refractivity contribution in [3.05, 3.63) is 12.2 Å². The van der Waals surface area contributed by atoms with Crippen LogP contribution >= 0.6 is 7.60 Å². The van der Waals surface area contributed by atoms with E-state index >= 15 is 0 Å². The lowest BCUT2D eigenvalue weighted by Crippen LogP contribution is -2.35. The van der Waals surface area contributed by atoms with E-state index in [4.69, 9.17) is 9.26 Å². The number of allylic oxidation sites excluding steroid dienone is 2. The lowest BCUT2D eigenvalue weighted by Gasteiger charge is -2.24. The molecule has 0 heterocycles. The third-order valence-corrected chi connectivity index (χ3v) is 7.91. The molecule has 0 aliphatic rings. The molecule has 0 radical (unpaired) electrons. The Hall–Kier alpha value is -1.21. The lowest BCUT2D eigenvalue weighted by atomic mass is 10.1. The molecule has 0 aromatic heterocycles. The number of quaternary nitrogens is 1. The molecule has 8 nitrogen and oxygen atoms in total. The molecule has 0 bridgehead atoms. The topological polar surface area (TPSA) is 102 Å². The fourth-order valence-corrected chi connectivity index (χ4v) is 5.19.